The third kappa shape index (κ3) is 3.11. The topological polar surface area (TPSA) is 77.3 Å². The Hall–Kier alpha value is -3.73. The SMILES string of the molecule is [C-]#[N+]c1nc(NCc2ccccc2-n2cccn2)n2ncc(C(C)C)c2n1. The van der Waals surface area contributed by atoms with Crippen molar-refractivity contribution >= 4 is 17.5 Å². The molecule has 134 valence electrons. The Morgan fingerprint density at radius 1 is 1.15 bits per heavy atom. The highest BCUT2D eigenvalue weighted by Crippen LogP contribution is 2.23. The first-order chi connectivity index (χ1) is 13.2. The van der Waals surface area contributed by atoms with Gasteiger partial charge in [-0.05, 0) is 23.6 Å². The van der Waals surface area contributed by atoms with Gasteiger partial charge in [0.2, 0.25) is 5.65 Å². The predicted octanol–water partition coefficient (Wildman–Crippen LogP) is 3.60. The van der Waals surface area contributed by atoms with Crippen molar-refractivity contribution in [3.05, 3.63) is 71.5 Å². The number of benzene rings is 1. The van der Waals surface area contributed by atoms with Crippen LogP contribution in [0, 0.1) is 6.57 Å². The zero-order chi connectivity index (χ0) is 18.8. The van der Waals surface area contributed by atoms with Crippen molar-refractivity contribution in [3.8, 4) is 5.69 Å². The van der Waals surface area contributed by atoms with E-state index in [1.54, 1.807) is 16.9 Å². The molecule has 4 rings (SSSR count). The number of para-hydroxylation sites is 1. The number of nitrogens with zero attached hydrogens (tertiary/aromatic N) is 7. The number of hydrogen-bond acceptors (Lipinski definition) is 5. The Morgan fingerprint density at radius 2 is 2.00 bits per heavy atom. The summed E-state index contributed by atoms with van der Waals surface area (Å²) >= 11 is 0. The Labute approximate surface area is 156 Å². The van der Waals surface area contributed by atoms with Crippen LogP contribution in [0.25, 0.3) is 16.2 Å². The van der Waals surface area contributed by atoms with Gasteiger partial charge in [0.05, 0.1) is 11.9 Å². The van der Waals surface area contributed by atoms with Gasteiger partial charge in [0.15, 0.2) is 0 Å². The molecule has 27 heavy (non-hydrogen) atoms. The Bertz CT molecular complexity index is 1120. The lowest BCUT2D eigenvalue weighted by Crippen LogP contribution is -2.10. The molecule has 1 aromatic carbocycles. The molecule has 0 saturated heterocycles. The highest BCUT2D eigenvalue weighted by molar-refractivity contribution is 5.56. The van der Waals surface area contributed by atoms with Crippen LogP contribution in [0.3, 0.4) is 0 Å². The summed E-state index contributed by atoms with van der Waals surface area (Å²) in [5.74, 6) is 0.852. The second kappa shape index (κ2) is 6.88. The summed E-state index contributed by atoms with van der Waals surface area (Å²) in [4.78, 5) is 12.0. The highest BCUT2D eigenvalue weighted by Gasteiger charge is 2.18. The zero-order valence-corrected chi connectivity index (χ0v) is 15.0. The summed E-state index contributed by atoms with van der Waals surface area (Å²) in [6.07, 6.45) is 5.43. The van der Waals surface area contributed by atoms with Crippen LogP contribution in [-0.4, -0.2) is 29.4 Å². The molecular weight excluding hydrogens is 340 g/mol. The molecule has 4 aromatic rings. The summed E-state index contributed by atoms with van der Waals surface area (Å²) in [5, 5.41) is 12.0. The normalized spacial score (nSPS) is 11.0. The molecule has 0 bridgehead atoms. The highest BCUT2D eigenvalue weighted by atomic mass is 15.4. The van der Waals surface area contributed by atoms with Crippen LogP contribution >= 0.6 is 0 Å². The largest absolute Gasteiger partial charge is 0.394 e. The fraction of sp³-hybridized carbons (Fsp3) is 0.211. The van der Waals surface area contributed by atoms with Gasteiger partial charge in [-0.2, -0.15) is 14.7 Å². The van der Waals surface area contributed by atoms with Crippen LogP contribution in [0.2, 0.25) is 0 Å². The average molecular weight is 358 g/mol. The predicted molar refractivity (Wildman–Crippen MR) is 102 cm³/mol. The summed E-state index contributed by atoms with van der Waals surface area (Å²) in [6, 6.07) is 9.88. The van der Waals surface area contributed by atoms with Crippen molar-refractivity contribution in [1.82, 2.24) is 29.4 Å². The van der Waals surface area contributed by atoms with Crippen LogP contribution in [0.4, 0.5) is 11.9 Å². The van der Waals surface area contributed by atoms with Gasteiger partial charge in [-0.15, -0.1) is 16.5 Å². The standard InChI is InChI=1S/C19H18N8/c1-13(2)15-12-23-27-17(15)24-18(20-3)25-19(27)21-11-14-7-4-5-8-16(14)26-10-6-9-22-26/h4-10,12-13H,11H2,1-2H3,(H,21,24,25). The van der Waals surface area contributed by atoms with Gasteiger partial charge < -0.3 is 10.2 Å². The Balaban J connectivity index is 1.70. The van der Waals surface area contributed by atoms with Gasteiger partial charge in [0, 0.05) is 24.5 Å². The third-order valence-electron chi connectivity index (χ3n) is 4.29. The fourth-order valence-corrected chi connectivity index (χ4v) is 2.92. The lowest BCUT2D eigenvalue weighted by Gasteiger charge is -2.11. The maximum atomic E-state index is 7.30. The molecule has 0 atom stereocenters. The van der Waals surface area contributed by atoms with Crippen LogP contribution in [-0.2, 0) is 6.54 Å². The molecule has 3 aromatic heterocycles. The van der Waals surface area contributed by atoms with E-state index in [4.69, 9.17) is 6.57 Å². The fourth-order valence-electron chi connectivity index (χ4n) is 2.92. The van der Waals surface area contributed by atoms with Gasteiger partial charge in [0.1, 0.15) is 0 Å². The van der Waals surface area contributed by atoms with Crippen molar-refractivity contribution in [2.24, 2.45) is 0 Å². The van der Waals surface area contributed by atoms with Gasteiger partial charge in [0.25, 0.3) is 5.95 Å². The van der Waals surface area contributed by atoms with E-state index in [9.17, 15) is 0 Å². The number of fused-ring (bicyclic) bond motifs is 1. The molecule has 8 heteroatoms. The lowest BCUT2D eigenvalue weighted by molar-refractivity contribution is 0.852. The van der Waals surface area contributed by atoms with Crippen molar-refractivity contribution in [2.75, 3.05) is 5.32 Å². The number of nitrogens with one attached hydrogen (secondary N) is 1. The van der Waals surface area contributed by atoms with E-state index >= 15 is 0 Å². The molecule has 0 saturated carbocycles. The minimum Gasteiger partial charge on any atom is -0.394 e. The van der Waals surface area contributed by atoms with Crippen molar-refractivity contribution in [2.45, 2.75) is 26.3 Å². The van der Waals surface area contributed by atoms with E-state index in [0.29, 0.717) is 18.1 Å². The monoisotopic (exact) mass is 358 g/mol. The molecule has 0 radical (unpaired) electrons. The summed E-state index contributed by atoms with van der Waals surface area (Å²) in [6.45, 7) is 12.0. The van der Waals surface area contributed by atoms with Crippen LogP contribution in [0.5, 0.6) is 0 Å². The smallest absolute Gasteiger partial charge is 0.376 e. The molecule has 0 fully saturated rings. The molecule has 0 spiro atoms. The maximum Gasteiger partial charge on any atom is 0.376 e. The number of hydrogen-bond donors (Lipinski definition) is 1. The minimum atomic E-state index is 0.104. The zero-order valence-electron chi connectivity index (χ0n) is 15.0. The van der Waals surface area contributed by atoms with Crippen molar-refractivity contribution < 1.29 is 0 Å². The van der Waals surface area contributed by atoms with E-state index in [2.05, 4.69) is 44.2 Å². The molecule has 1 N–H and O–H groups in total. The van der Waals surface area contributed by atoms with Crippen LogP contribution < -0.4 is 5.32 Å². The van der Waals surface area contributed by atoms with E-state index in [0.717, 1.165) is 16.8 Å². The molecule has 0 aliphatic heterocycles. The first-order valence-corrected chi connectivity index (χ1v) is 8.62. The van der Waals surface area contributed by atoms with Crippen molar-refractivity contribution in [3.63, 3.8) is 0 Å². The third-order valence-corrected chi connectivity index (χ3v) is 4.29. The van der Waals surface area contributed by atoms with Gasteiger partial charge in [-0.1, -0.05) is 32.0 Å². The first kappa shape index (κ1) is 16.7. The Kier molecular flexibility index (Phi) is 4.26. The van der Waals surface area contributed by atoms with E-state index in [1.165, 1.54) is 0 Å². The van der Waals surface area contributed by atoms with Gasteiger partial charge in [-0.25, -0.2) is 4.68 Å². The molecule has 0 aliphatic rings. The molecule has 3 heterocycles. The molecule has 0 aliphatic carbocycles. The van der Waals surface area contributed by atoms with Crippen LogP contribution in [0.1, 0.15) is 30.9 Å². The lowest BCUT2D eigenvalue weighted by atomic mass is 10.1. The van der Waals surface area contributed by atoms with Crippen molar-refractivity contribution in [1.29, 1.82) is 0 Å². The molecule has 8 nitrogen and oxygen atoms in total. The number of anilines is 1. The van der Waals surface area contributed by atoms with E-state index in [-0.39, 0.29) is 11.9 Å². The summed E-state index contributed by atoms with van der Waals surface area (Å²) in [7, 11) is 0. The summed E-state index contributed by atoms with van der Waals surface area (Å²) in [5.41, 5.74) is 3.68. The molecular formula is C19H18N8. The average Bonchev–Trinajstić information content (AvgIpc) is 3.36. The molecule has 0 amide bonds. The Morgan fingerprint density at radius 3 is 2.74 bits per heavy atom. The van der Waals surface area contributed by atoms with E-state index in [1.807, 2.05) is 41.2 Å². The van der Waals surface area contributed by atoms with Crippen LogP contribution in [0.15, 0.2) is 48.9 Å². The second-order valence-corrected chi connectivity index (χ2v) is 6.38. The number of aromatic nitrogens is 6. The molecule has 0 unspecified atom stereocenters. The quantitative estimate of drug-likeness (QED) is 0.552. The van der Waals surface area contributed by atoms with Gasteiger partial charge in [-0.3, -0.25) is 0 Å². The summed E-state index contributed by atoms with van der Waals surface area (Å²) < 4.78 is 3.47. The minimum absolute atomic E-state index is 0.104. The number of rotatable bonds is 5. The first-order valence-electron chi connectivity index (χ1n) is 8.62. The second-order valence-electron chi connectivity index (χ2n) is 6.38. The van der Waals surface area contributed by atoms with Gasteiger partial charge >= 0.3 is 5.95 Å². The van der Waals surface area contributed by atoms with E-state index < -0.39 is 0 Å². The maximum absolute atomic E-state index is 7.30.